The second-order valence-electron chi connectivity index (χ2n) is 0.574. The molecule has 0 aliphatic rings. The van der Waals surface area contributed by atoms with Gasteiger partial charge in [0.15, 0.2) is 0 Å². The Hall–Kier alpha value is 0.210. The first-order valence-electron chi connectivity index (χ1n) is 1.63. The molecule has 0 fully saturated rings. The molecule has 0 radical (unpaired) electrons. The van der Waals surface area contributed by atoms with Gasteiger partial charge in [-0.15, -0.1) is 0 Å². The third-order valence-corrected chi connectivity index (χ3v) is 0. The predicted molar refractivity (Wildman–Crippen MR) is 27.6 cm³/mol. The van der Waals surface area contributed by atoms with Crippen molar-refractivity contribution >= 4 is 11.6 Å². The van der Waals surface area contributed by atoms with Crippen molar-refractivity contribution in [3.05, 3.63) is 0 Å². The summed E-state index contributed by atoms with van der Waals surface area (Å²) in [5.74, 6) is 0. The van der Waals surface area contributed by atoms with Crippen LogP contribution in [-0.4, -0.2) is 17.7 Å². The first kappa shape index (κ1) is 9.51. The minimum absolute atomic E-state index is 0.694. The smallest absolute Gasteiger partial charge is 0.125 e. The summed E-state index contributed by atoms with van der Waals surface area (Å²) in [6.07, 6.45) is 0. The van der Waals surface area contributed by atoms with E-state index in [2.05, 4.69) is 5.73 Å². The summed E-state index contributed by atoms with van der Waals surface area (Å²) >= 11 is 4.83. The molecule has 6 heavy (non-hydrogen) atoms. The maximum absolute atomic E-state index is 7.82. The van der Waals surface area contributed by atoms with Crippen molar-refractivity contribution < 1.29 is 5.11 Å². The van der Waals surface area contributed by atoms with Gasteiger partial charge in [0.05, 0.1) is 0 Å². The van der Waals surface area contributed by atoms with Crippen molar-refractivity contribution in [3.63, 3.8) is 0 Å². The van der Waals surface area contributed by atoms with Gasteiger partial charge in [0.1, 0.15) is 5.56 Å². The molecule has 2 nitrogen and oxygen atoms in total. The Morgan fingerprint density at radius 3 is 1.67 bits per heavy atom. The van der Waals surface area contributed by atoms with E-state index in [4.69, 9.17) is 16.7 Å². The highest BCUT2D eigenvalue weighted by Gasteiger charge is 1.72. The van der Waals surface area contributed by atoms with Crippen molar-refractivity contribution in [1.82, 2.24) is 0 Å². The van der Waals surface area contributed by atoms with Crippen molar-refractivity contribution in [2.75, 3.05) is 7.05 Å². The zero-order valence-corrected chi connectivity index (χ0v) is 4.74. The Morgan fingerprint density at radius 1 is 1.67 bits per heavy atom. The van der Waals surface area contributed by atoms with Gasteiger partial charge in [-0.2, -0.15) is 0 Å². The molecule has 0 amide bonds. The molecule has 0 saturated carbocycles. The number of hydrogen-bond donors (Lipinski definition) is 2. The molecule has 0 aliphatic carbocycles. The van der Waals surface area contributed by atoms with Gasteiger partial charge >= 0.3 is 0 Å². The van der Waals surface area contributed by atoms with Gasteiger partial charge in [-0.3, -0.25) is 0 Å². The van der Waals surface area contributed by atoms with E-state index in [0.29, 0.717) is 0 Å². The maximum atomic E-state index is 7.82. The molecule has 0 aromatic rings. The summed E-state index contributed by atoms with van der Waals surface area (Å²) in [5.41, 5.74) is 3.81. The van der Waals surface area contributed by atoms with E-state index in [-0.39, 0.29) is 0 Å². The lowest BCUT2D eigenvalue weighted by Gasteiger charge is -1.77. The van der Waals surface area contributed by atoms with Gasteiger partial charge < -0.3 is 10.8 Å². The van der Waals surface area contributed by atoms with Gasteiger partial charge in [-0.1, -0.05) is 11.6 Å². The van der Waals surface area contributed by atoms with Crippen molar-refractivity contribution in [2.24, 2.45) is 5.73 Å². The van der Waals surface area contributed by atoms with Crippen LogP contribution in [-0.2, 0) is 0 Å². The van der Waals surface area contributed by atoms with Crippen LogP contribution in [0.25, 0.3) is 0 Å². The van der Waals surface area contributed by atoms with E-state index >= 15 is 0 Å². The van der Waals surface area contributed by atoms with Crippen LogP contribution in [0.1, 0.15) is 6.92 Å². The zero-order chi connectivity index (χ0) is 5.58. The van der Waals surface area contributed by atoms with Crippen LogP contribution in [0, 0.1) is 0 Å². The highest BCUT2D eigenvalue weighted by Crippen LogP contribution is 1.79. The number of rotatable bonds is 0. The van der Waals surface area contributed by atoms with Crippen LogP contribution >= 0.6 is 11.6 Å². The second kappa shape index (κ2) is 8.96. The molecule has 0 saturated heterocycles. The maximum Gasteiger partial charge on any atom is 0.125 e. The van der Waals surface area contributed by atoms with E-state index in [9.17, 15) is 0 Å². The van der Waals surface area contributed by atoms with E-state index in [1.54, 1.807) is 0 Å². The van der Waals surface area contributed by atoms with Gasteiger partial charge in [0.2, 0.25) is 0 Å². The normalized spacial score (nSPS) is 11.5. The quantitative estimate of drug-likeness (QED) is 0.437. The van der Waals surface area contributed by atoms with Crippen LogP contribution in [0.4, 0.5) is 0 Å². The number of halogens is 1. The summed E-state index contributed by atoms with van der Waals surface area (Å²) in [5, 5.41) is 7.82. The van der Waals surface area contributed by atoms with Crippen LogP contribution < -0.4 is 5.73 Å². The average Bonchev–Trinajstić information content (AvgIpc) is 1.41. The molecular weight excluding hydrogens is 101 g/mol. The number of nitrogens with two attached hydrogens (primary N) is 1. The van der Waals surface area contributed by atoms with Gasteiger partial charge in [-0.25, -0.2) is 0 Å². The third kappa shape index (κ3) is 984. The summed E-state index contributed by atoms with van der Waals surface area (Å²) < 4.78 is 0. The summed E-state index contributed by atoms with van der Waals surface area (Å²) in [4.78, 5) is 0. The molecule has 0 rings (SSSR count). The van der Waals surface area contributed by atoms with Crippen molar-refractivity contribution in [3.8, 4) is 0 Å². The lowest BCUT2D eigenvalue weighted by molar-refractivity contribution is 0.277. The van der Waals surface area contributed by atoms with E-state index in [0.717, 1.165) is 0 Å². The molecule has 0 aliphatic heterocycles. The van der Waals surface area contributed by atoms with Crippen LogP contribution in [0.3, 0.4) is 0 Å². The molecule has 0 bridgehead atoms. The molecular formula is C3H10ClNO. The van der Waals surface area contributed by atoms with Gasteiger partial charge in [0, 0.05) is 0 Å². The molecule has 0 aromatic carbocycles. The molecule has 0 spiro atoms. The zero-order valence-electron chi connectivity index (χ0n) is 3.98. The molecule has 40 valence electrons. The number of alkyl halides is 1. The molecule has 3 heteroatoms. The SMILES string of the molecule is CC(O)Cl.CN. The Balaban J connectivity index is 0. The molecule has 0 aromatic heterocycles. The minimum Gasteiger partial charge on any atom is -0.378 e. The summed E-state index contributed by atoms with van der Waals surface area (Å²) in [6, 6.07) is 0. The highest BCUT2D eigenvalue weighted by molar-refractivity contribution is 6.19. The number of aliphatic hydroxyl groups is 1. The van der Waals surface area contributed by atoms with Crippen LogP contribution in [0.2, 0.25) is 0 Å². The fourth-order valence-electron chi connectivity index (χ4n) is 0. The minimum atomic E-state index is -0.694. The van der Waals surface area contributed by atoms with Crippen LogP contribution in [0.5, 0.6) is 0 Å². The molecule has 1 unspecified atom stereocenters. The molecule has 1 atom stereocenters. The Labute approximate surface area is 42.9 Å². The highest BCUT2D eigenvalue weighted by atomic mass is 35.5. The van der Waals surface area contributed by atoms with Gasteiger partial charge in [-0.05, 0) is 14.0 Å². The van der Waals surface area contributed by atoms with Crippen molar-refractivity contribution in [2.45, 2.75) is 12.5 Å². The third-order valence-electron chi connectivity index (χ3n) is 0. The standard InChI is InChI=1S/C2H5ClO.CH5N/c1-2(3)4;1-2/h2,4H,1H3;2H2,1H3. The first-order valence-corrected chi connectivity index (χ1v) is 2.07. The number of aliphatic hydroxyl groups excluding tert-OH is 1. The van der Waals surface area contributed by atoms with E-state index in [1.807, 2.05) is 0 Å². The first-order chi connectivity index (χ1) is 2.73. The van der Waals surface area contributed by atoms with Gasteiger partial charge in [0.25, 0.3) is 0 Å². The fraction of sp³-hybridized carbons (Fsp3) is 1.00. The average molecular weight is 112 g/mol. The fourth-order valence-corrected chi connectivity index (χ4v) is 0. The predicted octanol–water partition coefficient (Wildman–Crippen LogP) is 0.138. The monoisotopic (exact) mass is 111 g/mol. The largest absolute Gasteiger partial charge is 0.378 e. The summed E-state index contributed by atoms with van der Waals surface area (Å²) in [7, 11) is 1.50. The topological polar surface area (TPSA) is 46.2 Å². The Morgan fingerprint density at radius 2 is 1.67 bits per heavy atom. The Bertz CT molecular complexity index is 15.5. The molecule has 3 N–H and O–H groups in total. The molecule has 0 heterocycles. The lowest BCUT2D eigenvalue weighted by Crippen LogP contribution is -1.79. The van der Waals surface area contributed by atoms with Crippen molar-refractivity contribution in [1.29, 1.82) is 0 Å². The lowest BCUT2D eigenvalue weighted by atomic mass is 10.9. The van der Waals surface area contributed by atoms with E-state index < -0.39 is 5.56 Å². The Kier molecular flexibility index (Phi) is 14.2. The number of hydrogen-bond acceptors (Lipinski definition) is 2. The van der Waals surface area contributed by atoms with Crippen LogP contribution in [0.15, 0.2) is 0 Å². The summed E-state index contributed by atoms with van der Waals surface area (Å²) in [6.45, 7) is 1.49. The second-order valence-corrected chi connectivity index (χ2v) is 1.21. The van der Waals surface area contributed by atoms with E-state index in [1.165, 1.54) is 14.0 Å².